The zero-order valence-corrected chi connectivity index (χ0v) is 16.1. The van der Waals surface area contributed by atoms with Crippen molar-refractivity contribution in [3.63, 3.8) is 0 Å². The van der Waals surface area contributed by atoms with E-state index in [4.69, 9.17) is 0 Å². The molecule has 1 heterocycles. The molecule has 0 bridgehead atoms. The van der Waals surface area contributed by atoms with Crippen molar-refractivity contribution in [3.8, 4) is 11.3 Å². The molecule has 5 nitrogen and oxygen atoms in total. The number of rotatable bonds is 4. The first-order valence-corrected chi connectivity index (χ1v) is 10.2. The number of halogens is 2. The highest BCUT2D eigenvalue weighted by atomic mass is 32.2. The van der Waals surface area contributed by atoms with Gasteiger partial charge in [0.15, 0.2) is 11.6 Å². The normalized spacial score (nSPS) is 13.6. The first-order chi connectivity index (χ1) is 13.7. The summed E-state index contributed by atoms with van der Waals surface area (Å²) in [5.74, 6) is -2.29. The maximum Gasteiger partial charge on any atom is 0.268 e. The molecule has 0 aliphatic heterocycles. The zero-order valence-electron chi connectivity index (χ0n) is 15.3. The quantitative estimate of drug-likeness (QED) is 0.604. The van der Waals surface area contributed by atoms with Crippen LogP contribution in [0.4, 0.5) is 8.78 Å². The summed E-state index contributed by atoms with van der Waals surface area (Å²) in [7, 11) is -4.25. The summed E-state index contributed by atoms with van der Waals surface area (Å²) in [5.41, 5.74) is 0.464. The molecule has 4 rings (SSSR count). The van der Waals surface area contributed by atoms with Gasteiger partial charge in [-0.25, -0.2) is 21.2 Å². The highest BCUT2D eigenvalue weighted by molar-refractivity contribution is 7.90. The topological polar surface area (TPSA) is 73.2 Å². The fourth-order valence-electron chi connectivity index (χ4n) is 3.52. The molecule has 0 spiro atoms. The van der Waals surface area contributed by atoms with Gasteiger partial charge in [-0.1, -0.05) is 12.1 Å². The predicted octanol–water partition coefficient (Wildman–Crippen LogP) is 4.00. The van der Waals surface area contributed by atoms with Crippen molar-refractivity contribution < 1.29 is 26.8 Å². The lowest BCUT2D eigenvalue weighted by Crippen LogP contribution is -2.17. The van der Waals surface area contributed by atoms with Gasteiger partial charge in [-0.3, -0.25) is 9.59 Å². The van der Waals surface area contributed by atoms with Crippen LogP contribution in [0.2, 0.25) is 0 Å². The molecule has 0 amide bonds. The summed E-state index contributed by atoms with van der Waals surface area (Å²) in [6.07, 6.45) is 0.336. The highest BCUT2D eigenvalue weighted by Crippen LogP contribution is 2.36. The van der Waals surface area contributed by atoms with Crippen molar-refractivity contribution in [2.75, 3.05) is 0 Å². The van der Waals surface area contributed by atoms with Gasteiger partial charge in [0.2, 0.25) is 0 Å². The first kappa shape index (κ1) is 19.2. The van der Waals surface area contributed by atoms with Gasteiger partial charge in [0.1, 0.15) is 11.6 Å². The summed E-state index contributed by atoms with van der Waals surface area (Å²) >= 11 is 0. The smallest absolute Gasteiger partial charge is 0.268 e. The molecule has 0 radical (unpaired) electrons. The number of benzene rings is 2. The van der Waals surface area contributed by atoms with Gasteiger partial charge in [-0.05, 0) is 43.7 Å². The fourth-order valence-corrected chi connectivity index (χ4v) is 5.14. The van der Waals surface area contributed by atoms with E-state index >= 15 is 0 Å². The lowest BCUT2D eigenvalue weighted by Gasteiger charge is -2.14. The molecule has 29 heavy (non-hydrogen) atoms. The Morgan fingerprint density at radius 1 is 1.00 bits per heavy atom. The molecule has 2 aromatic carbocycles. The average molecular weight is 415 g/mol. The third-order valence-electron chi connectivity index (χ3n) is 4.93. The predicted molar refractivity (Wildman–Crippen MR) is 101 cm³/mol. The van der Waals surface area contributed by atoms with Crippen molar-refractivity contribution in [1.82, 2.24) is 3.97 Å². The maximum absolute atomic E-state index is 14.5. The summed E-state index contributed by atoms with van der Waals surface area (Å²) in [4.78, 5) is 23.7. The summed E-state index contributed by atoms with van der Waals surface area (Å²) in [5, 5.41) is 0. The number of carbonyl (C=O) groups excluding carboxylic acids is 2. The Kier molecular flexibility index (Phi) is 4.46. The van der Waals surface area contributed by atoms with Gasteiger partial charge in [0, 0.05) is 34.9 Å². The van der Waals surface area contributed by atoms with Crippen LogP contribution in [0.5, 0.6) is 0 Å². The van der Waals surface area contributed by atoms with Crippen LogP contribution >= 0.6 is 0 Å². The molecule has 0 atom stereocenters. The molecule has 0 fully saturated rings. The second-order valence-electron chi connectivity index (χ2n) is 6.79. The second-order valence-corrected chi connectivity index (χ2v) is 8.58. The number of hydrogen-bond donors (Lipinski definition) is 0. The number of nitrogens with zero attached hydrogens (tertiary/aromatic N) is 1. The zero-order chi connectivity index (χ0) is 20.9. The Bertz CT molecular complexity index is 1290. The molecular formula is C21H15F2NO4S. The van der Waals surface area contributed by atoms with E-state index < -0.39 is 21.7 Å². The standard InChI is InChI=1S/C21H15F2NO4S/c1-12(25)13-3-2-4-15(9-13)29(27,28)24-19-7-8-21(26)17(19)11-20(24)16-6-5-14(22)10-18(16)23/h2-6,9-11H,7-8H2,1H3. The largest absolute Gasteiger partial charge is 0.295 e. The van der Waals surface area contributed by atoms with Gasteiger partial charge in [0.05, 0.1) is 10.6 Å². The van der Waals surface area contributed by atoms with Crippen molar-refractivity contribution in [2.45, 2.75) is 24.7 Å². The van der Waals surface area contributed by atoms with E-state index in [1.807, 2.05) is 0 Å². The minimum atomic E-state index is -4.25. The van der Waals surface area contributed by atoms with Crippen molar-refractivity contribution in [3.05, 3.63) is 77.0 Å². The molecule has 1 aliphatic carbocycles. The van der Waals surface area contributed by atoms with Crippen molar-refractivity contribution in [1.29, 1.82) is 0 Å². The van der Waals surface area contributed by atoms with E-state index in [1.165, 1.54) is 37.3 Å². The third kappa shape index (κ3) is 3.09. The maximum atomic E-state index is 14.5. The van der Waals surface area contributed by atoms with Gasteiger partial charge in [-0.2, -0.15) is 0 Å². The van der Waals surface area contributed by atoms with Gasteiger partial charge in [0.25, 0.3) is 10.0 Å². The molecule has 0 unspecified atom stereocenters. The Labute approximate surface area is 165 Å². The Morgan fingerprint density at radius 2 is 1.76 bits per heavy atom. The molecule has 0 N–H and O–H groups in total. The number of hydrogen-bond acceptors (Lipinski definition) is 4. The number of aromatic nitrogens is 1. The van der Waals surface area contributed by atoms with E-state index in [0.717, 1.165) is 16.1 Å². The Balaban J connectivity index is 2.00. The molecule has 3 aromatic rings. The Hall–Kier alpha value is -3.13. The number of Topliss-reactive ketones (excluding diaryl/α,β-unsaturated/α-hetero) is 2. The average Bonchev–Trinajstić information content (AvgIpc) is 3.22. The number of ketones is 2. The second kappa shape index (κ2) is 6.73. The third-order valence-corrected chi connectivity index (χ3v) is 6.68. The van der Waals surface area contributed by atoms with Crippen LogP contribution in [-0.4, -0.2) is 24.0 Å². The highest BCUT2D eigenvalue weighted by Gasteiger charge is 2.33. The lowest BCUT2D eigenvalue weighted by molar-refractivity contribution is 0.0991. The summed E-state index contributed by atoms with van der Waals surface area (Å²) < 4.78 is 55.7. The molecule has 1 aliphatic rings. The van der Waals surface area contributed by atoms with E-state index in [-0.39, 0.29) is 57.4 Å². The van der Waals surface area contributed by atoms with Crippen LogP contribution in [0.1, 0.15) is 39.8 Å². The minimum absolute atomic E-state index is 0.0613. The number of fused-ring (bicyclic) bond motifs is 1. The van der Waals surface area contributed by atoms with Gasteiger partial charge in [-0.15, -0.1) is 0 Å². The summed E-state index contributed by atoms with van der Waals surface area (Å²) in [6, 6.07) is 9.64. The van der Waals surface area contributed by atoms with Gasteiger partial charge < -0.3 is 0 Å². The number of carbonyl (C=O) groups is 2. The SMILES string of the molecule is CC(=O)c1cccc(S(=O)(=O)n2c(-c3ccc(F)cc3F)cc3c2CCC3=O)c1. The van der Waals surface area contributed by atoms with E-state index in [9.17, 15) is 26.8 Å². The van der Waals surface area contributed by atoms with Gasteiger partial charge >= 0.3 is 0 Å². The lowest BCUT2D eigenvalue weighted by atomic mass is 10.1. The minimum Gasteiger partial charge on any atom is -0.295 e. The molecule has 0 saturated heterocycles. The molecule has 148 valence electrons. The monoisotopic (exact) mass is 415 g/mol. The van der Waals surface area contributed by atoms with Crippen LogP contribution in [0, 0.1) is 11.6 Å². The van der Waals surface area contributed by atoms with E-state index in [2.05, 4.69) is 0 Å². The fraction of sp³-hybridized carbons (Fsp3) is 0.143. The summed E-state index contributed by atoms with van der Waals surface area (Å²) in [6.45, 7) is 1.32. The van der Waals surface area contributed by atoms with Crippen LogP contribution in [-0.2, 0) is 16.4 Å². The van der Waals surface area contributed by atoms with Crippen LogP contribution < -0.4 is 0 Å². The molecule has 1 aromatic heterocycles. The van der Waals surface area contributed by atoms with Crippen LogP contribution in [0.15, 0.2) is 53.4 Å². The van der Waals surface area contributed by atoms with E-state index in [1.54, 1.807) is 0 Å². The Morgan fingerprint density at radius 3 is 2.45 bits per heavy atom. The van der Waals surface area contributed by atoms with Crippen LogP contribution in [0.25, 0.3) is 11.3 Å². The molecular weight excluding hydrogens is 400 g/mol. The molecule has 8 heteroatoms. The van der Waals surface area contributed by atoms with Crippen LogP contribution in [0.3, 0.4) is 0 Å². The first-order valence-electron chi connectivity index (χ1n) is 8.80. The van der Waals surface area contributed by atoms with Crippen molar-refractivity contribution >= 4 is 21.6 Å². The molecule has 0 saturated carbocycles. The van der Waals surface area contributed by atoms with Crippen molar-refractivity contribution in [2.24, 2.45) is 0 Å². The van der Waals surface area contributed by atoms with E-state index in [0.29, 0.717) is 6.07 Å².